The number of allylic oxidation sites excluding steroid dienone is 5. The Hall–Kier alpha value is -2.30. The van der Waals surface area contributed by atoms with Crippen molar-refractivity contribution in [2.75, 3.05) is 11.4 Å². The third-order valence-corrected chi connectivity index (χ3v) is 9.31. The van der Waals surface area contributed by atoms with Crippen LogP contribution in [0, 0.1) is 0 Å². The molecule has 0 saturated heterocycles. The van der Waals surface area contributed by atoms with E-state index in [1.54, 1.807) is 0 Å². The second-order valence-corrected chi connectivity index (χ2v) is 10.4. The highest BCUT2D eigenvalue weighted by Crippen LogP contribution is 2.48. The molecule has 0 N–H and O–H groups in total. The topological polar surface area (TPSA) is 7.12 Å². The van der Waals surface area contributed by atoms with Gasteiger partial charge in [0.15, 0.2) is 0 Å². The number of rotatable bonds is 5. The van der Waals surface area contributed by atoms with Crippen molar-refractivity contribution in [3.05, 3.63) is 80.9 Å². The van der Waals surface area contributed by atoms with Gasteiger partial charge in [0.1, 0.15) is 11.2 Å². The zero-order valence-corrected chi connectivity index (χ0v) is 21.9. The van der Waals surface area contributed by atoms with Crippen LogP contribution in [-0.4, -0.2) is 6.54 Å². The minimum absolute atomic E-state index is 0.981. The lowest BCUT2D eigenvalue weighted by atomic mass is 9.96. The van der Waals surface area contributed by atoms with E-state index in [4.69, 9.17) is 0 Å². The van der Waals surface area contributed by atoms with Crippen LogP contribution in [0.2, 0.25) is 0 Å². The number of nitrogens with zero attached hydrogens (tertiary/aromatic N) is 2. The predicted molar refractivity (Wildman–Crippen MR) is 142 cm³/mol. The lowest BCUT2D eigenvalue weighted by Crippen LogP contribution is -2.34. The molecule has 0 saturated carbocycles. The molecule has 2 nitrogen and oxygen atoms in total. The summed E-state index contributed by atoms with van der Waals surface area (Å²) in [5.41, 5.74) is 9.53. The number of fused-ring (bicyclic) bond motifs is 2. The Morgan fingerprint density at radius 1 is 0.844 bits per heavy atom. The van der Waals surface area contributed by atoms with Crippen molar-refractivity contribution in [1.82, 2.24) is 0 Å². The summed E-state index contributed by atoms with van der Waals surface area (Å²) in [5.74, 6) is 0. The third-order valence-electron chi connectivity index (χ3n) is 6.74. The number of thioether (sulfide) groups is 1. The van der Waals surface area contributed by atoms with Crippen LogP contribution in [0.25, 0.3) is 15.8 Å². The zero-order valence-electron chi connectivity index (χ0n) is 20.2. The van der Waals surface area contributed by atoms with Crippen molar-refractivity contribution in [3.8, 4) is 0 Å². The fraction of sp³-hybridized carbons (Fsp3) is 0.321. The second kappa shape index (κ2) is 9.29. The summed E-state index contributed by atoms with van der Waals surface area (Å²) in [6.07, 6.45) is 0. The Morgan fingerprint density at radius 2 is 1.53 bits per heavy atom. The minimum atomic E-state index is 0.981. The summed E-state index contributed by atoms with van der Waals surface area (Å²) >= 11 is 3.80. The lowest BCUT2D eigenvalue weighted by molar-refractivity contribution is -0.665. The Labute approximate surface area is 201 Å². The smallest absolute Gasteiger partial charge is 0.265 e. The van der Waals surface area contributed by atoms with Crippen molar-refractivity contribution in [1.29, 1.82) is 0 Å². The molecule has 2 heterocycles. The van der Waals surface area contributed by atoms with Crippen LogP contribution in [0.1, 0.15) is 53.5 Å². The number of hydrogen-bond acceptors (Lipinski definition) is 3. The standard InChI is InChI=1S/C28H33N2S2/c1-8-29-23-14-10-12-16-25(23)31-27(29)21(6)19(4)18(3)20(5)22(7)28-30(9-2)24-15-11-13-17-26(24)32-28/h10-17H,8-9H2,1-7H3/q+1. The maximum Gasteiger partial charge on any atom is 0.265 e. The van der Waals surface area contributed by atoms with E-state index in [1.807, 2.05) is 23.1 Å². The summed E-state index contributed by atoms with van der Waals surface area (Å²) in [4.78, 5) is 3.81. The minimum Gasteiger partial charge on any atom is -0.335 e. The maximum absolute atomic E-state index is 2.45. The van der Waals surface area contributed by atoms with Gasteiger partial charge in [-0.1, -0.05) is 47.4 Å². The van der Waals surface area contributed by atoms with Gasteiger partial charge in [0.05, 0.1) is 10.7 Å². The largest absolute Gasteiger partial charge is 0.335 e. The number of para-hydroxylation sites is 2. The van der Waals surface area contributed by atoms with E-state index in [0.717, 1.165) is 13.1 Å². The fourth-order valence-electron chi connectivity index (χ4n) is 4.42. The van der Waals surface area contributed by atoms with E-state index in [-0.39, 0.29) is 0 Å². The molecule has 1 aliphatic heterocycles. The van der Waals surface area contributed by atoms with Crippen LogP contribution in [0.5, 0.6) is 0 Å². The van der Waals surface area contributed by atoms with Crippen molar-refractivity contribution in [2.24, 2.45) is 0 Å². The molecule has 32 heavy (non-hydrogen) atoms. The molecular weight excluding hydrogens is 428 g/mol. The molecular formula is C28H33N2S2+. The molecule has 0 amide bonds. The molecule has 166 valence electrons. The van der Waals surface area contributed by atoms with Crippen LogP contribution >= 0.6 is 23.1 Å². The summed E-state index contributed by atoms with van der Waals surface area (Å²) in [5, 5.41) is 2.72. The highest BCUT2D eigenvalue weighted by Gasteiger charge is 2.26. The summed E-state index contributed by atoms with van der Waals surface area (Å²) in [6, 6.07) is 17.5. The van der Waals surface area contributed by atoms with Crippen molar-refractivity contribution < 1.29 is 4.57 Å². The number of benzene rings is 2. The quantitative estimate of drug-likeness (QED) is 0.279. The number of aryl methyl sites for hydroxylation is 1. The molecule has 0 atom stereocenters. The lowest BCUT2D eigenvalue weighted by Gasteiger charge is -2.21. The number of aromatic nitrogens is 1. The SMILES string of the molecule is CCN1\C(=C(C)/C(C)=C(C)/C(C)=C(\C)c2sc3ccccc3[n+]2CC)Sc2ccccc21. The molecule has 4 rings (SSSR count). The molecule has 1 aromatic heterocycles. The summed E-state index contributed by atoms with van der Waals surface area (Å²) in [7, 11) is 0. The van der Waals surface area contributed by atoms with Gasteiger partial charge in [-0.05, 0) is 89.0 Å². The van der Waals surface area contributed by atoms with Gasteiger partial charge in [0, 0.05) is 23.1 Å². The molecule has 2 aromatic carbocycles. The van der Waals surface area contributed by atoms with Crippen LogP contribution < -0.4 is 9.47 Å². The number of thiazole rings is 1. The molecule has 0 bridgehead atoms. The van der Waals surface area contributed by atoms with E-state index in [9.17, 15) is 0 Å². The molecule has 0 spiro atoms. The van der Waals surface area contributed by atoms with Crippen LogP contribution in [0.4, 0.5) is 5.69 Å². The van der Waals surface area contributed by atoms with Gasteiger partial charge in [0.2, 0.25) is 5.52 Å². The molecule has 4 heteroatoms. The molecule has 1 aliphatic rings. The maximum atomic E-state index is 2.45. The summed E-state index contributed by atoms with van der Waals surface area (Å²) in [6.45, 7) is 17.8. The van der Waals surface area contributed by atoms with Crippen molar-refractivity contribution in [3.63, 3.8) is 0 Å². The van der Waals surface area contributed by atoms with Gasteiger partial charge in [-0.15, -0.1) is 0 Å². The normalized spacial score (nSPS) is 16.8. The van der Waals surface area contributed by atoms with Crippen molar-refractivity contribution in [2.45, 2.75) is 59.9 Å². The Morgan fingerprint density at radius 3 is 2.25 bits per heavy atom. The first-order chi connectivity index (χ1) is 15.4. The van der Waals surface area contributed by atoms with Crippen molar-refractivity contribution >= 4 is 44.6 Å². The molecule has 0 unspecified atom stereocenters. The monoisotopic (exact) mass is 461 g/mol. The van der Waals surface area contributed by atoms with Gasteiger partial charge in [-0.3, -0.25) is 0 Å². The predicted octanol–water partition coefficient (Wildman–Crippen LogP) is 8.20. The van der Waals surface area contributed by atoms with Crippen LogP contribution in [-0.2, 0) is 6.54 Å². The van der Waals surface area contributed by atoms with E-state index < -0.39 is 0 Å². The number of hydrogen-bond donors (Lipinski definition) is 0. The second-order valence-electron chi connectivity index (χ2n) is 8.36. The van der Waals surface area contributed by atoms with E-state index in [0.29, 0.717) is 0 Å². The molecule has 3 aromatic rings. The Bertz CT molecular complexity index is 1270. The summed E-state index contributed by atoms with van der Waals surface area (Å²) < 4.78 is 3.81. The zero-order chi connectivity index (χ0) is 23.0. The van der Waals surface area contributed by atoms with E-state index in [1.165, 1.54) is 58.7 Å². The van der Waals surface area contributed by atoms with E-state index >= 15 is 0 Å². The third kappa shape index (κ3) is 3.84. The van der Waals surface area contributed by atoms with Crippen LogP contribution in [0.15, 0.2) is 80.7 Å². The first-order valence-electron chi connectivity index (χ1n) is 11.4. The van der Waals surface area contributed by atoms with E-state index in [2.05, 4.69) is 106 Å². The molecule has 0 aliphatic carbocycles. The highest BCUT2D eigenvalue weighted by molar-refractivity contribution is 8.03. The molecule has 0 fully saturated rings. The fourth-order valence-corrected chi connectivity index (χ4v) is 6.98. The van der Waals surface area contributed by atoms with Crippen LogP contribution in [0.3, 0.4) is 0 Å². The van der Waals surface area contributed by atoms with Gasteiger partial charge in [0.25, 0.3) is 5.01 Å². The Balaban J connectivity index is 1.79. The average molecular weight is 462 g/mol. The first-order valence-corrected chi connectivity index (χ1v) is 13.0. The van der Waals surface area contributed by atoms with Gasteiger partial charge < -0.3 is 4.90 Å². The number of anilines is 1. The average Bonchev–Trinajstić information content (AvgIpc) is 3.39. The van der Waals surface area contributed by atoms with Gasteiger partial charge in [-0.2, -0.15) is 4.57 Å². The first kappa shape index (κ1) is 22.9. The van der Waals surface area contributed by atoms with Gasteiger partial charge >= 0.3 is 0 Å². The molecule has 0 radical (unpaired) electrons. The Kier molecular flexibility index (Phi) is 6.64. The van der Waals surface area contributed by atoms with Gasteiger partial charge in [-0.25, -0.2) is 0 Å². The highest BCUT2D eigenvalue weighted by atomic mass is 32.2.